The van der Waals surface area contributed by atoms with Gasteiger partial charge in [-0.15, -0.1) is 0 Å². The molecule has 0 radical (unpaired) electrons. The summed E-state index contributed by atoms with van der Waals surface area (Å²) in [5.41, 5.74) is 6.45. The van der Waals surface area contributed by atoms with Crippen molar-refractivity contribution in [1.29, 1.82) is 0 Å². The summed E-state index contributed by atoms with van der Waals surface area (Å²) in [5.74, 6) is 0.924. The fourth-order valence-corrected chi connectivity index (χ4v) is 1.50. The van der Waals surface area contributed by atoms with Gasteiger partial charge in [0, 0.05) is 23.5 Å². The van der Waals surface area contributed by atoms with Gasteiger partial charge in [-0.05, 0) is 22.9 Å². The average molecular weight is 340 g/mol. The molecule has 132 valence electrons. The monoisotopic (exact) mass is 339 g/mol. The molecule has 0 aromatic heterocycles. The minimum absolute atomic E-state index is 0.823. The second kappa shape index (κ2) is 18.8. The Kier molecular flexibility index (Phi) is 19.7. The van der Waals surface area contributed by atoms with Crippen molar-refractivity contribution in [3.05, 3.63) is 42.5 Å². The van der Waals surface area contributed by atoms with Gasteiger partial charge in [0.2, 0.25) is 0 Å². The molecule has 0 aliphatic heterocycles. The predicted octanol–water partition coefficient (Wildman–Crippen LogP) is 6.49. The lowest BCUT2D eigenvalue weighted by Gasteiger charge is -1.96. The van der Waals surface area contributed by atoms with Crippen LogP contribution in [0.4, 0.5) is 5.69 Å². The number of hydrogen-bond acceptors (Lipinski definition) is 4. The van der Waals surface area contributed by atoms with E-state index in [4.69, 9.17) is 5.73 Å². The van der Waals surface area contributed by atoms with E-state index in [-0.39, 0.29) is 0 Å². The molecule has 2 aromatic carbocycles. The van der Waals surface area contributed by atoms with Gasteiger partial charge in [-0.1, -0.05) is 77.8 Å². The molecule has 0 saturated heterocycles. The van der Waals surface area contributed by atoms with Crippen molar-refractivity contribution in [2.24, 2.45) is 0 Å². The molecule has 0 spiro atoms. The summed E-state index contributed by atoms with van der Waals surface area (Å²) in [5, 5.41) is 2.44. The van der Waals surface area contributed by atoms with Crippen LogP contribution in [0.5, 0.6) is 0 Å². The van der Waals surface area contributed by atoms with E-state index >= 15 is 0 Å². The van der Waals surface area contributed by atoms with Gasteiger partial charge in [-0.25, -0.2) is 4.89 Å². The zero-order valence-electron chi connectivity index (χ0n) is 15.5. The summed E-state index contributed by atoms with van der Waals surface area (Å²) in [6.07, 6.45) is 2.50. The van der Waals surface area contributed by atoms with Crippen LogP contribution in [0.3, 0.4) is 0 Å². The van der Waals surface area contributed by atoms with Crippen LogP contribution >= 0.6 is 12.0 Å². The number of fused-ring (bicyclic) bond motifs is 1. The molecule has 0 heterocycles. The van der Waals surface area contributed by atoms with Crippen LogP contribution in [-0.2, 0) is 9.22 Å². The lowest BCUT2D eigenvalue weighted by atomic mass is 10.1. The van der Waals surface area contributed by atoms with Gasteiger partial charge in [0.05, 0.1) is 7.11 Å². The molecule has 0 aliphatic rings. The first-order valence-corrected chi connectivity index (χ1v) is 9.08. The summed E-state index contributed by atoms with van der Waals surface area (Å²) in [7, 11) is 1.49. The first kappa shape index (κ1) is 24.0. The summed E-state index contributed by atoms with van der Waals surface area (Å²) in [4.78, 5) is 4.25. The number of benzene rings is 2. The Bertz CT molecular complexity index is 472. The average Bonchev–Trinajstić information content (AvgIpc) is 2.55. The topological polar surface area (TPSA) is 44.5 Å². The second-order valence-corrected chi connectivity index (χ2v) is 5.61. The van der Waals surface area contributed by atoms with Crippen LogP contribution in [-0.4, -0.2) is 12.9 Å². The maximum Gasteiger partial charge on any atom is 0.0725 e. The second-order valence-electron chi connectivity index (χ2n) is 4.66. The highest BCUT2D eigenvalue weighted by molar-refractivity contribution is 7.94. The smallest absolute Gasteiger partial charge is 0.0725 e. The highest BCUT2D eigenvalue weighted by atomic mass is 32.2. The Morgan fingerprint density at radius 3 is 1.83 bits per heavy atom. The molecule has 3 nitrogen and oxygen atoms in total. The maximum absolute atomic E-state index is 5.62. The van der Waals surface area contributed by atoms with Crippen molar-refractivity contribution in [3.8, 4) is 0 Å². The fourth-order valence-electron chi connectivity index (χ4n) is 1.30. The molecular weight excluding hydrogens is 306 g/mol. The largest absolute Gasteiger partial charge is 0.399 e. The molecule has 2 aromatic rings. The van der Waals surface area contributed by atoms with E-state index in [1.54, 1.807) is 0 Å². The van der Waals surface area contributed by atoms with E-state index in [2.05, 4.69) is 49.0 Å². The van der Waals surface area contributed by atoms with E-state index in [1.807, 2.05) is 37.3 Å². The van der Waals surface area contributed by atoms with Gasteiger partial charge in [0.1, 0.15) is 0 Å². The predicted molar refractivity (Wildman–Crippen MR) is 107 cm³/mol. The van der Waals surface area contributed by atoms with E-state index in [0.717, 1.165) is 11.4 Å². The van der Waals surface area contributed by atoms with Crippen molar-refractivity contribution in [1.82, 2.24) is 0 Å². The third-order valence-electron chi connectivity index (χ3n) is 2.01. The molecule has 0 aliphatic carbocycles. The summed E-state index contributed by atoms with van der Waals surface area (Å²) in [6.45, 7) is 10.5. The quantitative estimate of drug-likeness (QED) is 0.228. The number of rotatable bonds is 3. The van der Waals surface area contributed by atoms with Crippen molar-refractivity contribution in [2.45, 2.75) is 47.5 Å². The fraction of sp³-hybridized carbons (Fsp3) is 0.474. The Labute approximate surface area is 146 Å². The van der Waals surface area contributed by atoms with Gasteiger partial charge in [0.15, 0.2) is 0 Å². The van der Waals surface area contributed by atoms with E-state index < -0.39 is 0 Å². The standard InChI is InChI=1S/C10H9N.C3H8O2S.2C3H8/c11-10-6-5-8-3-1-2-4-9(8)7-10;1-3-6-5-4-2;2*1-3-2/h1-7H,11H2;3H2,1-2H3;2*3H2,1-2H3. The summed E-state index contributed by atoms with van der Waals surface area (Å²) < 4.78 is 4.40. The van der Waals surface area contributed by atoms with Gasteiger partial charge in [-0.2, -0.15) is 4.33 Å². The molecule has 0 bridgehead atoms. The maximum atomic E-state index is 5.62. The van der Waals surface area contributed by atoms with E-state index in [0.29, 0.717) is 0 Å². The SMILES string of the molecule is CCC.CCC.CCSOOC.Nc1ccc2ccccc2c1. The highest BCUT2D eigenvalue weighted by Gasteiger charge is 1.89. The lowest BCUT2D eigenvalue weighted by Crippen LogP contribution is -1.82. The van der Waals surface area contributed by atoms with Crippen molar-refractivity contribution in [3.63, 3.8) is 0 Å². The number of nitrogens with two attached hydrogens (primary N) is 1. The number of nitrogen functional groups attached to an aromatic ring is 1. The Hall–Kier alpha value is -1.23. The Morgan fingerprint density at radius 2 is 1.39 bits per heavy atom. The molecular formula is C19H33NO2S. The molecule has 0 amide bonds. The molecule has 0 atom stereocenters. The zero-order chi connectivity index (χ0) is 17.9. The lowest BCUT2D eigenvalue weighted by molar-refractivity contribution is -0.160. The van der Waals surface area contributed by atoms with Crippen LogP contribution in [0.25, 0.3) is 10.8 Å². The van der Waals surface area contributed by atoms with Gasteiger partial charge in [0.25, 0.3) is 0 Å². The highest BCUT2D eigenvalue weighted by Crippen LogP contribution is 2.15. The molecule has 0 saturated carbocycles. The van der Waals surface area contributed by atoms with Crippen LogP contribution < -0.4 is 5.73 Å². The third-order valence-corrected chi connectivity index (χ3v) is 2.48. The first-order chi connectivity index (χ1) is 11.1. The normalized spacial score (nSPS) is 8.78. The van der Waals surface area contributed by atoms with E-state index in [9.17, 15) is 0 Å². The van der Waals surface area contributed by atoms with Crippen LogP contribution in [0.1, 0.15) is 47.5 Å². The van der Waals surface area contributed by atoms with Crippen molar-refractivity contribution >= 4 is 28.5 Å². The molecule has 0 unspecified atom stereocenters. The number of hydrogen-bond donors (Lipinski definition) is 1. The molecule has 2 rings (SSSR count). The van der Waals surface area contributed by atoms with Gasteiger partial charge >= 0.3 is 0 Å². The Balaban J connectivity index is 0. The Morgan fingerprint density at radius 1 is 0.870 bits per heavy atom. The van der Waals surface area contributed by atoms with Crippen LogP contribution in [0.15, 0.2) is 42.5 Å². The van der Waals surface area contributed by atoms with Gasteiger partial charge in [-0.3, -0.25) is 0 Å². The number of anilines is 1. The molecule has 2 N–H and O–H groups in total. The molecule has 4 heteroatoms. The first-order valence-electron chi connectivity index (χ1n) is 8.17. The third kappa shape index (κ3) is 15.4. The molecule has 0 fully saturated rings. The zero-order valence-corrected chi connectivity index (χ0v) is 16.3. The summed E-state index contributed by atoms with van der Waals surface area (Å²) in [6, 6.07) is 14.1. The van der Waals surface area contributed by atoms with Crippen molar-refractivity contribution in [2.75, 3.05) is 18.6 Å². The van der Waals surface area contributed by atoms with Crippen molar-refractivity contribution < 1.29 is 9.22 Å². The van der Waals surface area contributed by atoms with Gasteiger partial charge < -0.3 is 5.73 Å². The molecule has 23 heavy (non-hydrogen) atoms. The van der Waals surface area contributed by atoms with Crippen LogP contribution in [0.2, 0.25) is 0 Å². The minimum Gasteiger partial charge on any atom is -0.399 e. The van der Waals surface area contributed by atoms with Crippen LogP contribution in [0, 0.1) is 0 Å². The minimum atomic E-state index is 0.823. The summed E-state index contributed by atoms with van der Waals surface area (Å²) >= 11 is 1.29. The van der Waals surface area contributed by atoms with E-state index in [1.165, 1.54) is 42.8 Å².